The third-order valence-corrected chi connectivity index (χ3v) is 3.32. The van der Waals surface area contributed by atoms with Gasteiger partial charge < -0.3 is 9.88 Å². The summed E-state index contributed by atoms with van der Waals surface area (Å²) >= 11 is 0. The van der Waals surface area contributed by atoms with Gasteiger partial charge in [-0.25, -0.2) is 0 Å². The summed E-state index contributed by atoms with van der Waals surface area (Å²) in [5.41, 5.74) is 2.96. The molecule has 3 aromatic rings. The first-order chi connectivity index (χ1) is 10.7. The van der Waals surface area contributed by atoms with E-state index >= 15 is 0 Å². The van der Waals surface area contributed by atoms with E-state index in [2.05, 4.69) is 15.4 Å². The Labute approximate surface area is 128 Å². The predicted molar refractivity (Wildman–Crippen MR) is 82.7 cm³/mol. The van der Waals surface area contributed by atoms with Crippen LogP contribution in [0.5, 0.6) is 0 Å². The molecule has 1 N–H and O–H groups in total. The summed E-state index contributed by atoms with van der Waals surface area (Å²) in [6.45, 7) is 0.782. The van der Waals surface area contributed by atoms with Crippen molar-refractivity contribution in [1.82, 2.24) is 24.6 Å². The van der Waals surface area contributed by atoms with Crippen molar-refractivity contribution in [3.8, 4) is 11.1 Å². The van der Waals surface area contributed by atoms with Crippen LogP contribution in [0.15, 0.2) is 55.4 Å². The molecule has 0 aliphatic carbocycles. The van der Waals surface area contributed by atoms with Gasteiger partial charge in [-0.2, -0.15) is 5.10 Å². The average molecular weight is 295 g/mol. The maximum Gasteiger partial charge on any atom is 0.240 e. The van der Waals surface area contributed by atoms with E-state index < -0.39 is 0 Å². The number of aromatic nitrogens is 4. The van der Waals surface area contributed by atoms with Crippen LogP contribution >= 0.6 is 0 Å². The molecular weight excluding hydrogens is 278 g/mol. The highest BCUT2D eigenvalue weighted by Crippen LogP contribution is 2.18. The molecule has 0 fully saturated rings. The molecule has 112 valence electrons. The summed E-state index contributed by atoms with van der Waals surface area (Å²) < 4.78 is 3.58. The number of carbonyl (C=O) groups is 1. The van der Waals surface area contributed by atoms with Gasteiger partial charge >= 0.3 is 0 Å². The Kier molecular flexibility index (Phi) is 4.00. The number of rotatable bonds is 5. The van der Waals surface area contributed by atoms with E-state index in [0.717, 1.165) is 16.7 Å². The maximum atomic E-state index is 11.9. The second-order valence-corrected chi connectivity index (χ2v) is 5.12. The lowest BCUT2D eigenvalue weighted by atomic mass is 10.1. The first-order valence-electron chi connectivity index (χ1n) is 7.01. The topological polar surface area (TPSA) is 64.7 Å². The molecule has 3 heterocycles. The quantitative estimate of drug-likeness (QED) is 0.777. The molecule has 0 aliphatic heterocycles. The lowest BCUT2D eigenvalue weighted by Gasteiger charge is -2.07. The number of nitrogens with zero attached hydrogens (tertiary/aromatic N) is 4. The van der Waals surface area contributed by atoms with Gasteiger partial charge in [0.15, 0.2) is 0 Å². The highest BCUT2D eigenvalue weighted by Gasteiger charge is 2.05. The van der Waals surface area contributed by atoms with Gasteiger partial charge in [-0.1, -0.05) is 0 Å². The second kappa shape index (κ2) is 6.26. The SMILES string of the molecule is Cn1cc(-c2cncc(CNC(=O)Cn3cccc3)c2)cn1. The zero-order valence-electron chi connectivity index (χ0n) is 12.3. The van der Waals surface area contributed by atoms with Crippen LogP contribution in [0.2, 0.25) is 0 Å². The van der Waals surface area contributed by atoms with Crippen LogP contribution in [0.25, 0.3) is 11.1 Å². The van der Waals surface area contributed by atoms with Gasteiger partial charge in [0.05, 0.1) is 6.20 Å². The van der Waals surface area contributed by atoms with E-state index in [9.17, 15) is 4.79 Å². The molecule has 3 rings (SSSR count). The highest BCUT2D eigenvalue weighted by molar-refractivity contribution is 5.75. The lowest BCUT2D eigenvalue weighted by molar-refractivity contribution is -0.121. The van der Waals surface area contributed by atoms with E-state index in [1.165, 1.54) is 0 Å². The Balaban J connectivity index is 1.62. The summed E-state index contributed by atoms with van der Waals surface area (Å²) in [5, 5.41) is 7.06. The number of nitrogens with one attached hydrogen (secondary N) is 1. The highest BCUT2D eigenvalue weighted by atomic mass is 16.1. The minimum absolute atomic E-state index is 0.0250. The molecule has 0 saturated carbocycles. The zero-order chi connectivity index (χ0) is 15.4. The minimum Gasteiger partial charge on any atom is -0.350 e. The van der Waals surface area contributed by atoms with Crippen molar-refractivity contribution < 1.29 is 4.79 Å². The molecule has 0 unspecified atom stereocenters. The molecule has 0 spiro atoms. The predicted octanol–water partition coefficient (Wildman–Crippen LogP) is 1.60. The van der Waals surface area contributed by atoms with Gasteiger partial charge in [0, 0.05) is 55.7 Å². The van der Waals surface area contributed by atoms with Crippen LogP contribution in [-0.2, 0) is 24.9 Å². The molecule has 0 radical (unpaired) electrons. The lowest BCUT2D eigenvalue weighted by Crippen LogP contribution is -2.26. The molecule has 22 heavy (non-hydrogen) atoms. The number of carbonyl (C=O) groups excluding carboxylic acids is 1. The molecule has 0 saturated heterocycles. The maximum absolute atomic E-state index is 11.9. The number of aryl methyl sites for hydroxylation is 1. The van der Waals surface area contributed by atoms with Gasteiger partial charge in [0.2, 0.25) is 5.91 Å². The van der Waals surface area contributed by atoms with E-state index in [1.807, 2.05) is 48.4 Å². The van der Waals surface area contributed by atoms with Crippen LogP contribution in [0, 0.1) is 0 Å². The zero-order valence-corrected chi connectivity index (χ0v) is 12.3. The third-order valence-electron chi connectivity index (χ3n) is 3.32. The van der Waals surface area contributed by atoms with E-state index in [-0.39, 0.29) is 5.91 Å². The van der Waals surface area contributed by atoms with Crippen molar-refractivity contribution in [2.24, 2.45) is 7.05 Å². The molecule has 0 bridgehead atoms. The van der Waals surface area contributed by atoms with Gasteiger partial charge in [-0.15, -0.1) is 0 Å². The summed E-state index contributed by atoms with van der Waals surface area (Å²) in [6, 6.07) is 5.81. The molecule has 0 atom stereocenters. The van der Waals surface area contributed by atoms with Crippen LogP contribution < -0.4 is 5.32 Å². The van der Waals surface area contributed by atoms with Gasteiger partial charge in [0.1, 0.15) is 6.54 Å². The van der Waals surface area contributed by atoms with Crippen molar-refractivity contribution in [3.05, 3.63) is 60.9 Å². The molecule has 6 nitrogen and oxygen atoms in total. The van der Waals surface area contributed by atoms with E-state index in [4.69, 9.17) is 0 Å². The Morgan fingerprint density at radius 1 is 1.18 bits per heavy atom. The van der Waals surface area contributed by atoms with Crippen molar-refractivity contribution in [2.75, 3.05) is 0 Å². The summed E-state index contributed by atoms with van der Waals surface area (Å²) in [4.78, 5) is 16.1. The van der Waals surface area contributed by atoms with Crippen LogP contribution in [0.4, 0.5) is 0 Å². The van der Waals surface area contributed by atoms with Crippen LogP contribution in [-0.4, -0.2) is 25.2 Å². The molecule has 0 aliphatic rings. The van der Waals surface area contributed by atoms with Gasteiger partial charge in [0.25, 0.3) is 0 Å². The number of hydrogen-bond donors (Lipinski definition) is 1. The fourth-order valence-electron chi connectivity index (χ4n) is 2.21. The van der Waals surface area contributed by atoms with Crippen molar-refractivity contribution in [3.63, 3.8) is 0 Å². The van der Waals surface area contributed by atoms with Crippen molar-refractivity contribution >= 4 is 5.91 Å². The van der Waals surface area contributed by atoms with Crippen LogP contribution in [0.3, 0.4) is 0 Å². The monoisotopic (exact) mass is 295 g/mol. The Bertz CT molecular complexity index is 760. The van der Waals surface area contributed by atoms with E-state index in [1.54, 1.807) is 23.3 Å². The first-order valence-corrected chi connectivity index (χ1v) is 7.01. The summed E-state index contributed by atoms with van der Waals surface area (Å²) in [5.74, 6) is -0.0250. The van der Waals surface area contributed by atoms with Gasteiger partial charge in [-0.3, -0.25) is 14.5 Å². The molecule has 3 aromatic heterocycles. The number of pyridine rings is 1. The van der Waals surface area contributed by atoms with Gasteiger partial charge in [-0.05, 0) is 23.8 Å². The molecule has 0 aromatic carbocycles. The summed E-state index contributed by atoms with van der Waals surface area (Å²) in [7, 11) is 1.88. The molecular formula is C16H17N5O. The standard InChI is InChI=1S/C16H17N5O/c1-20-11-15(10-19-20)14-6-13(7-17-9-14)8-18-16(22)12-21-4-2-3-5-21/h2-7,9-11H,8,12H2,1H3,(H,18,22). The molecule has 1 amide bonds. The first kappa shape index (κ1) is 14.1. The average Bonchev–Trinajstić information content (AvgIpc) is 3.17. The second-order valence-electron chi connectivity index (χ2n) is 5.12. The Morgan fingerprint density at radius 2 is 2.00 bits per heavy atom. The number of amides is 1. The van der Waals surface area contributed by atoms with Crippen molar-refractivity contribution in [2.45, 2.75) is 13.1 Å². The number of hydrogen-bond acceptors (Lipinski definition) is 3. The Morgan fingerprint density at radius 3 is 2.73 bits per heavy atom. The van der Waals surface area contributed by atoms with Crippen LogP contribution in [0.1, 0.15) is 5.56 Å². The smallest absolute Gasteiger partial charge is 0.240 e. The summed E-state index contributed by atoms with van der Waals surface area (Å²) in [6.07, 6.45) is 11.0. The minimum atomic E-state index is -0.0250. The third kappa shape index (κ3) is 3.41. The largest absolute Gasteiger partial charge is 0.350 e. The normalized spacial score (nSPS) is 10.6. The van der Waals surface area contributed by atoms with E-state index in [0.29, 0.717) is 13.1 Å². The fourth-order valence-corrected chi connectivity index (χ4v) is 2.21. The van der Waals surface area contributed by atoms with Crippen molar-refractivity contribution in [1.29, 1.82) is 0 Å². The fraction of sp³-hybridized carbons (Fsp3) is 0.188. The Hall–Kier alpha value is -2.89. The molecule has 6 heteroatoms.